The SMILES string of the molecule is CC1CCCN(C2CCN(C(=O)c3ccc(Br)nc3)CC2)C1. The Morgan fingerprint density at radius 3 is 2.64 bits per heavy atom. The number of rotatable bonds is 2. The van der Waals surface area contributed by atoms with Crippen molar-refractivity contribution in [3.05, 3.63) is 28.5 Å². The number of amides is 1. The van der Waals surface area contributed by atoms with Crippen molar-refractivity contribution in [2.24, 2.45) is 5.92 Å². The summed E-state index contributed by atoms with van der Waals surface area (Å²) in [5.41, 5.74) is 0.688. The minimum Gasteiger partial charge on any atom is -0.338 e. The van der Waals surface area contributed by atoms with Gasteiger partial charge in [0.15, 0.2) is 0 Å². The zero-order valence-electron chi connectivity index (χ0n) is 13.2. The van der Waals surface area contributed by atoms with E-state index in [1.807, 2.05) is 17.0 Å². The highest BCUT2D eigenvalue weighted by molar-refractivity contribution is 9.10. The third-order valence-corrected chi connectivity index (χ3v) is 5.40. The van der Waals surface area contributed by atoms with Gasteiger partial charge in [0, 0.05) is 31.9 Å². The molecule has 0 aromatic carbocycles. The van der Waals surface area contributed by atoms with Crippen LogP contribution in [-0.2, 0) is 0 Å². The Morgan fingerprint density at radius 1 is 1.23 bits per heavy atom. The van der Waals surface area contributed by atoms with Crippen molar-refractivity contribution in [1.82, 2.24) is 14.8 Å². The van der Waals surface area contributed by atoms with Gasteiger partial charge in [0.1, 0.15) is 4.60 Å². The molecular formula is C17H24BrN3O. The molecular weight excluding hydrogens is 342 g/mol. The fraction of sp³-hybridized carbons (Fsp3) is 0.647. The second kappa shape index (κ2) is 7.09. The van der Waals surface area contributed by atoms with E-state index in [0.29, 0.717) is 11.6 Å². The maximum absolute atomic E-state index is 12.5. The Hall–Kier alpha value is -0.940. The molecule has 120 valence electrons. The van der Waals surface area contributed by atoms with E-state index in [4.69, 9.17) is 0 Å². The van der Waals surface area contributed by atoms with E-state index >= 15 is 0 Å². The molecule has 1 aromatic heterocycles. The first-order chi connectivity index (χ1) is 10.6. The van der Waals surface area contributed by atoms with Crippen LogP contribution in [0.4, 0.5) is 0 Å². The van der Waals surface area contributed by atoms with Gasteiger partial charge in [-0.2, -0.15) is 0 Å². The summed E-state index contributed by atoms with van der Waals surface area (Å²) in [7, 11) is 0. The minimum atomic E-state index is 0.116. The van der Waals surface area contributed by atoms with Crippen LogP contribution < -0.4 is 0 Å². The van der Waals surface area contributed by atoms with Gasteiger partial charge in [0.05, 0.1) is 5.56 Å². The van der Waals surface area contributed by atoms with Gasteiger partial charge in [-0.1, -0.05) is 6.92 Å². The molecule has 0 spiro atoms. The standard InChI is InChI=1S/C17H24BrN3O/c1-13-3-2-8-21(12-13)15-6-9-20(10-7-15)17(22)14-4-5-16(18)19-11-14/h4-5,11,13,15H,2-3,6-10,12H2,1H3. The van der Waals surface area contributed by atoms with Gasteiger partial charge in [-0.05, 0) is 66.2 Å². The number of pyridine rings is 1. The number of carbonyl (C=O) groups excluding carboxylic acids is 1. The highest BCUT2D eigenvalue weighted by Crippen LogP contribution is 2.24. The van der Waals surface area contributed by atoms with Gasteiger partial charge in [0.25, 0.3) is 5.91 Å². The predicted molar refractivity (Wildman–Crippen MR) is 90.8 cm³/mol. The molecule has 4 nitrogen and oxygen atoms in total. The van der Waals surface area contributed by atoms with Gasteiger partial charge in [-0.3, -0.25) is 9.69 Å². The molecule has 1 unspecified atom stereocenters. The summed E-state index contributed by atoms with van der Waals surface area (Å²) in [4.78, 5) is 21.3. The molecule has 22 heavy (non-hydrogen) atoms. The Kier molecular flexibility index (Phi) is 5.14. The molecule has 2 aliphatic heterocycles. The first kappa shape index (κ1) is 15.9. The topological polar surface area (TPSA) is 36.4 Å². The molecule has 1 amide bonds. The fourth-order valence-corrected chi connectivity index (χ4v) is 3.91. The van der Waals surface area contributed by atoms with Crippen molar-refractivity contribution in [1.29, 1.82) is 0 Å². The van der Waals surface area contributed by atoms with Crippen molar-refractivity contribution in [2.75, 3.05) is 26.2 Å². The number of piperidine rings is 2. The number of likely N-dealkylation sites (tertiary alicyclic amines) is 2. The van der Waals surface area contributed by atoms with E-state index < -0.39 is 0 Å². The monoisotopic (exact) mass is 365 g/mol. The summed E-state index contributed by atoms with van der Waals surface area (Å²) in [6, 6.07) is 4.34. The van der Waals surface area contributed by atoms with Crippen LogP contribution in [0.2, 0.25) is 0 Å². The summed E-state index contributed by atoms with van der Waals surface area (Å²) in [6.07, 6.45) is 6.55. The number of hydrogen-bond donors (Lipinski definition) is 0. The van der Waals surface area contributed by atoms with E-state index in [9.17, 15) is 4.79 Å². The molecule has 1 aromatic rings. The second-order valence-corrected chi connectivity index (χ2v) is 7.45. The Balaban J connectivity index is 1.55. The summed E-state index contributed by atoms with van der Waals surface area (Å²) >= 11 is 3.31. The van der Waals surface area contributed by atoms with Gasteiger partial charge >= 0.3 is 0 Å². The van der Waals surface area contributed by atoms with Crippen LogP contribution in [0, 0.1) is 5.92 Å². The van der Waals surface area contributed by atoms with Crippen molar-refractivity contribution >= 4 is 21.8 Å². The van der Waals surface area contributed by atoms with Gasteiger partial charge in [-0.25, -0.2) is 4.98 Å². The molecule has 5 heteroatoms. The van der Waals surface area contributed by atoms with E-state index in [-0.39, 0.29) is 5.91 Å². The maximum atomic E-state index is 12.5. The van der Waals surface area contributed by atoms with Crippen molar-refractivity contribution in [2.45, 2.75) is 38.6 Å². The Morgan fingerprint density at radius 2 is 2.00 bits per heavy atom. The quantitative estimate of drug-likeness (QED) is 0.755. The number of aromatic nitrogens is 1. The summed E-state index contributed by atoms with van der Waals surface area (Å²) in [5.74, 6) is 0.938. The molecule has 2 aliphatic rings. The van der Waals surface area contributed by atoms with Crippen LogP contribution in [0.25, 0.3) is 0 Å². The lowest BCUT2D eigenvalue weighted by atomic mass is 9.95. The molecule has 1 atom stereocenters. The largest absolute Gasteiger partial charge is 0.338 e. The summed E-state index contributed by atoms with van der Waals surface area (Å²) < 4.78 is 0.766. The van der Waals surface area contributed by atoms with Gasteiger partial charge in [0.2, 0.25) is 0 Å². The Labute approximate surface area is 141 Å². The number of hydrogen-bond acceptors (Lipinski definition) is 3. The molecule has 3 heterocycles. The lowest BCUT2D eigenvalue weighted by molar-refractivity contribution is 0.0541. The fourth-order valence-electron chi connectivity index (χ4n) is 3.68. The average Bonchev–Trinajstić information content (AvgIpc) is 2.55. The van der Waals surface area contributed by atoms with Gasteiger partial charge in [-0.15, -0.1) is 0 Å². The number of halogens is 1. The lowest BCUT2D eigenvalue weighted by Crippen LogP contribution is -2.49. The molecule has 3 rings (SSSR count). The summed E-state index contributed by atoms with van der Waals surface area (Å²) in [6.45, 7) is 6.55. The van der Waals surface area contributed by atoms with Crippen LogP contribution in [-0.4, -0.2) is 52.9 Å². The van der Waals surface area contributed by atoms with E-state index in [2.05, 4.69) is 32.7 Å². The van der Waals surface area contributed by atoms with Crippen LogP contribution in [0.5, 0.6) is 0 Å². The van der Waals surface area contributed by atoms with Crippen molar-refractivity contribution < 1.29 is 4.79 Å². The molecule has 0 radical (unpaired) electrons. The first-order valence-electron chi connectivity index (χ1n) is 8.28. The third kappa shape index (κ3) is 3.69. The second-order valence-electron chi connectivity index (χ2n) is 6.64. The molecule has 0 saturated carbocycles. The third-order valence-electron chi connectivity index (χ3n) is 4.93. The van der Waals surface area contributed by atoms with Crippen LogP contribution >= 0.6 is 15.9 Å². The molecule has 2 saturated heterocycles. The number of carbonyl (C=O) groups is 1. The molecule has 0 N–H and O–H groups in total. The first-order valence-corrected chi connectivity index (χ1v) is 9.07. The van der Waals surface area contributed by atoms with E-state index in [1.165, 1.54) is 25.9 Å². The maximum Gasteiger partial charge on any atom is 0.255 e. The van der Waals surface area contributed by atoms with Crippen LogP contribution in [0.3, 0.4) is 0 Å². The van der Waals surface area contributed by atoms with Gasteiger partial charge < -0.3 is 4.90 Å². The highest BCUT2D eigenvalue weighted by Gasteiger charge is 2.29. The highest BCUT2D eigenvalue weighted by atomic mass is 79.9. The lowest BCUT2D eigenvalue weighted by Gasteiger charge is -2.41. The predicted octanol–water partition coefficient (Wildman–Crippen LogP) is 3.18. The average molecular weight is 366 g/mol. The van der Waals surface area contributed by atoms with Crippen LogP contribution in [0.1, 0.15) is 43.0 Å². The summed E-state index contributed by atoms with van der Waals surface area (Å²) in [5, 5.41) is 0. The van der Waals surface area contributed by atoms with Crippen molar-refractivity contribution in [3.63, 3.8) is 0 Å². The zero-order valence-corrected chi connectivity index (χ0v) is 14.8. The van der Waals surface area contributed by atoms with E-state index in [1.54, 1.807) is 6.20 Å². The number of nitrogens with zero attached hydrogens (tertiary/aromatic N) is 3. The Bertz CT molecular complexity index is 511. The van der Waals surface area contributed by atoms with E-state index in [0.717, 1.165) is 36.5 Å². The van der Waals surface area contributed by atoms with Crippen molar-refractivity contribution in [3.8, 4) is 0 Å². The zero-order chi connectivity index (χ0) is 15.5. The minimum absolute atomic E-state index is 0.116. The normalized spacial score (nSPS) is 24.5. The molecule has 2 fully saturated rings. The molecule has 0 aliphatic carbocycles. The smallest absolute Gasteiger partial charge is 0.255 e. The molecule has 0 bridgehead atoms. The van der Waals surface area contributed by atoms with Crippen LogP contribution in [0.15, 0.2) is 22.9 Å².